The first-order valence-electron chi connectivity index (χ1n) is 8.61. The minimum Gasteiger partial charge on any atom is -0.491 e. The van der Waals surface area contributed by atoms with Gasteiger partial charge in [0.2, 0.25) is 0 Å². The minimum absolute atomic E-state index is 0.139. The molecule has 134 valence electrons. The zero-order valence-electron chi connectivity index (χ0n) is 14.1. The van der Waals surface area contributed by atoms with Gasteiger partial charge in [-0.1, -0.05) is 6.07 Å². The van der Waals surface area contributed by atoms with E-state index in [2.05, 4.69) is 10.3 Å². The van der Waals surface area contributed by atoms with Crippen LogP contribution < -0.4 is 10.1 Å². The molecule has 0 radical (unpaired) electrons. The van der Waals surface area contributed by atoms with E-state index >= 15 is 0 Å². The molecule has 1 amide bonds. The van der Waals surface area contributed by atoms with Crippen LogP contribution in [-0.4, -0.2) is 30.2 Å². The summed E-state index contributed by atoms with van der Waals surface area (Å²) in [6.07, 6.45) is 3.80. The number of benzene rings is 2. The standard InChI is InChI=1S/C20H19FN2O3/c21-13-6-7-17-18(11-22-19(17)9-13)20(24)23-14-3-1-4-15(10-14)26-12-16-5-2-8-25-16/h1,3-4,6-7,9-11,16,22H,2,5,8,12H2,(H,23,24). The maximum absolute atomic E-state index is 13.3. The fraction of sp³-hybridized carbons (Fsp3) is 0.250. The van der Waals surface area contributed by atoms with E-state index in [1.807, 2.05) is 12.1 Å². The fourth-order valence-corrected chi connectivity index (χ4v) is 3.11. The Morgan fingerprint density at radius 3 is 3.08 bits per heavy atom. The molecule has 26 heavy (non-hydrogen) atoms. The van der Waals surface area contributed by atoms with Crippen LogP contribution in [0.1, 0.15) is 23.2 Å². The number of aromatic nitrogens is 1. The molecule has 6 heteroatoms. The first kappa shape index (κ1) is 16.6. The van der Waals surface area contributed by atoms with Crippen LogP contribution in [0.2, 0.25) is 0 Å². The highest BCUT2D eigenvalue weighted by atomic mass is 19.1. The van der Waals surface area contributed by atoms with Gasteiger partial charge in [-0.05, 0) is 43.2 Å². The predicted molar refractivity (Wildman–Crippen MR) is 97.1 cm³/mol. The Labute approximate surface area is 150 Å². The first-order valence-corrected chi connectivity index (χ1v) is 8.61. The second-order valence-electron chi connectivity index (χ2n) is 6.32. The van der Waals surface area contributed by atoms with Gasteiger partial charge in [-0.25, -0.2) is 4.39 Å². The average Bonchev–Trinajstić information content (AvgIpc) is 3.29. The van der Waals surface area contributed by atoms with Gasteiger partial charge < -0.3 is 19.8 Å². The van der Waals surface area contributed by atoms with Gasteiger partial charge in [-0.15, -0.1) is 0 Å². The molecule has 0 saturated carbocycles. The number of anilines is 1. The van der Waals surface area contributed by atoms with E-state index in [1.165, 1.54) is 12.1 Å². The van der Waals surface area contributed by atoms with Gasteiger partial charge in [0.25, 0.3) is 5.91 Å². The van der Waals surface area contributed by atoms with Crippen LogP contribution in [0.25, 0.3) is 10.9 Å². The number of rotatable bonds is 5. The maximum atomic E-state index is 13.3. The van der Waals surface area contributed by atoms with E-state index in [1.54, 1.807) is 24.4 Å². The number of hydrogen-bond acceptors (Lipinski definition) is 3. The summed E-state index contributed by atoms with van der Waals surface area (Å²) in [7, 11) is 0. The van der Waals surface area contributed by atoms with Crippen molar-refractivity contribution < 1.29 is 18.7 Å². The summed E-state index contributed by atoms with van der Waals surface area (Å²) >= 11 is 0. The second kappa shape index (κ2) is 7.17. The molecule has 4 rings (SSSR count). The van der Waals surface area contributed by atoms with Crippen LogP contribution in [0.5, 0.6) is 5.75 Å². The first-order chi connectivity index (χ1) is 12.7. The van der Waals surface area contributed by atoms with Crippen molar-refractivity contribution in [2.75, 3.05) is 18.5 Å². The Balaban J connectivity index is 1.45. The summed E-state index contributed by atoms with van der Waals surface area (Å²) in [5.74, 6) is 0.0702. The molecule has 1 saturated heterocycles. The van der Waals surface area contributed by atoms with E-state index in [-0.39, 0.29) is 17.8 Å². The molecular formula is C20H19FN2O3. The molecule has 5 nitrogen and oxygen atoms in total. The Kier molecular flexibility index (Phi) is 4.58. The monoisotopic (exact) mass is 354 g/mol. The second-order valence-corrected chi connectivity index (χ2v) is 6.32. The number of H-pyrrole nitrogens is 1. The molecule has 1 unspecified atom stereocenters. The Bertz CT molecular complexity index is 932. The third-order valence-electron chi connectivity index (χ3n) is 4.44. The minimum atomic E-state index is -0.345. The lowest BCUT2D eigenvalue weighted by molar-refractivity contribution is 0.0680. The number of aromatic amines is 1. The topological polar surface area (TPSA) is 63.4 Å². The van der Waals surface area contributed by atoms with Crippen LogP contribution in [0.4, 0.5) is 10.1 Å². The molecule has 1 fully saturated rings. The third kappa shape index (κ3) is 3.55. The molecule has 1 aromatic heterocycles. The van der Waals surface area contributed by atoms with Gasteiger partial charge in [-0.3, -0.25) is 4.79 Å². The van der Waals surface area contributed by atoms with E-state index in [0.717, 1.165) is 19.4 Å². The number of fused-ring (bicyclic) bond motifs is 1. The molecule has 2 aromatic carbocycles. The molecule has 0 bridgehead atoms. The van der Waals surface area contributed by atoms with Crippen LogP contribution in [0.3, 0.4) is 0 Å². The molecule has 2 N–H and O–H groups in total. The largest absolute Gasteiger partial charge is 0.491 e. The quantitative estimate of drug-likeness (QED) is 0.724. The highest BCUT2D eigenvalue weighted by Gasteiger charge is 2.16. The van der Waals surface area contributed by atoms with Gasteiger partial charge in [0.05, 0.1) is 11.7 Å². The van der Waals surface area contributed by atoms with E-state index in [4.69, 9.17) is 9.47 Å². The van der Waals surface area contributed by atoms with E-state index in [9.17, 15) is 9.18 Å². The van der Waals surface area contributed by atoms with Gasteiger partial charge in [-0.2, -0.15) is 0 Å². The van der Waals surface area contributed by atoms with Crippen LogP contribution in [-0.2, 0) is 4.74 Å². The van der Waals surface area contributed by atoms with Gasteiger partial charge in [0.15, 0.2) is 0 Å². The number of carbonyl (C=O) groups excluding carboxylic acids is 1. The summed E-state index contributed by atoms with van der Waals surface area (Å²) in [6.45, 7) is 1.30. The number of nitrogens with one attached hydrogen (secondary N) is 2. The Morgan fingerprint density at radius 2 is 2.23 bits per heavy atom. The smallest absolute Gasteiger partial charge is 0.257 e. The lowest BCUT2D eigenvalue weighted by Crippen LogP contribution is -2.16. The van der Waals surface area contributed by atoms with Crippen LogP contribution >= 0.6 is 0 Å². The van der Waals surface area contributed by atoms with E-state index < -0.39 is 0 Å². The van der Waals surface area contributed by atoms with Crippen LogP contribution in [0, 0.1) is 5.82 Å². The van der Waals surface area contributed by atoms with Crippen molar-refractivity contribution >= 4 is 22.5 Å². The average molecular weight is 354 g/mol. The maximum Gasteiger partial charge on any atom is 0.257 e. The zero-order valence-corrected chi connectivity index (χ0v) is 14.1. The number of hydrogen-bond donors (Lipinski definition) is 2. The molecule has 1 aliphatic rings. The zero-order chi connectivity index (χ0) is 17.9. The van der Waals surface area contributed by atoms with Gasteiger partial charge >= 0.3 is 0 Å². The van der Waals surface area contributed by atoms with Crippen molar-refractivity contribution in [1.29, 1.82) is 0 Å². The van der Waals surface area contributed by atoms with E-state index in [0.29, 0.717) is 34.5 Å². The highest BCUT2D eigenvalue weighted by Crippen LogP contribution is 2.23. The SMILES string of the molecule is O=C(Nc1cccc(OCC2CCCO2)c1)c1c[nH]c2cc(F)ccc12. The predicted octanol–water partition coefficient (Wildman–Crippen LogP) is 4.12. The van der Waals surface area contributed by atoms with Gasteiger partial charge in [0, 0.05) is 35.5 Å². The Morgan fingerprint density at radius 1 is 1.31 bits per heavy atom. The number of halogens is 1. The number of amides is 1. The Hall–Kier alpha value is -2.86. The summed E-state index contributed by atoms with van der Waals surface area (Å²) in [5, 5.41) is 3.53. The summed E-state index contributed by atoms with van der Waals surface area (Å²) < 4.78 is 24.6. The third-order valence-corrected chi connectivity index (χ3v) is 4.44. The highest BCUT2D eigenvalue weighted by molar-refractivity contribution is 6.12. The van der Waals surface area contributed by atoms with Gasteiger partial charge in [0.1, 0.15) is 18.2 Å². The molecule has 0 aliphatic carbocycles. The lowest BCUT2D eigenvalue weighted by Gasteiger charge is -2.12. The van der Waals surface area contributed by atoms with Crippen molar-refractivity contribution in [1.82, 2.24) is 4.98 Å². The van der Waals surface area contributed by atoms with Crippen molar-refractivity contribution in [2.45, 2.75) is 18.9 Å². The summed E-state index contributed by atoms with van der Waals surface area (Å²) in [5.41, 5.74) is 1.69. The van der Waals surface area contributed by atoms with Crippen molar-refractivity contribution in [3.05, 3.63) is 60.0 Å². The molecular weight excluding hydrogens is 335 g/mol. The van der Waals surface area contributed by atoms with Crippen LogP contribution in [0.15, 0.2) is 48.7 Å². The molecule has 2 heterocycles. The molecule has 3 aromatic rings. The molecule has 0 spiro atoms. The van der Waals surface area contributed by atoms with Crippen molar-refractivity contribution in [2.24, 2.45) is 0 Å². The fourth-order valence-electron chi connectivity index (χ4n) is 3.11. The number of carbonyl (C=O) groups is 1. The molecule has 1 aliphatic heterocycles. The lowest BCUT2D eigenvalue weighted by atomic mass is 10.1. The van der Waals surface area contributed by atoms with Crippen molar-refractivity contribution in [3.8, 4) is 5.75 Å². The number of ether oxygens (including phenoxy) is 2. The summed E-state index contributed by atoms with van der Waals surface area (Å²) in [4.78, 5) is 15.5. The van der Waals surface area contributed by atoms with Crippen molar-refractivity contribution in [3.63, 3.8) is 0 Å². The normalized spacial score (nSPS) is 16.7. The summed E-state index contributed by atoms with van der Waals surface area (Å²) in [6, 6.07) is 11.5. The molecule has 1 atom stereocenters.